The molecule has 156 valence electrons. The third kappa shape index (κ3) is 4.12. The largest absolute Gasteiger partial charge is 0.384 e. The molecule has 0 spiro atoms. The first-order valence-electron chi connectivity index (χ1n) is 10.4. The molecule has 1 saturated heterocycles. The van der Waals surface area contributed by atoms with E-state index < -0.39 is 0 Å². The zero-order valence-electron chi connectivity index (χ0n) is 17.4. The number of rotatable bonds is 6. The number of nitrogens with zero attached hydrogens (tertiary/aromatic N) is 6. The smallest absolute Gasteiger partial charge is 0.225 e. The lowest BCUT2D eigenvalue weighted by molar-refractivity contribution is -0.134. The summed E-state index contributed by atoms with van der Waals surface area (Å²) < 4.78 is 5.04. The molecule has 0 radical (unpaired) electrons. The van der Waals surface area contributed by atoms with Gasteiger partial charge in [0.15, 0.2) is 0 Å². The van der Waals surface area contributed by atoms with E-state index in [0.29, 0.717) is 44.1 Å². The van der Waals surface area contributed by atoms with E-state index in [-0.39, 0.29) is 11.9 Å². The number of anilines is 1. The van der Waals surface area contributed by atoms with Gasteiger partial charge in [-0.25, -0.2) is 4.98 Å². The highest BCUT2D eigenvalue weighted by Gasteiger charge is 2.33. The summed E-state index contributed by atoms with van der Waals surface area (Å²) in [4.78, 5) is 21.5. The number of amides is 1. The minimum Gasteiger partial charge on any atom is -0.384 e. The molecule has 2 aliphatic rings. The van der Waals surface area contributed by atoms with Gasteiger partial charge in [0.2, 0.25) is 5.91 Å². The summed E-state index contributed by atoms with van der Waals surface area (Å²) in [6.07, 6.45) is 6.00. The maximum absolute atomic E-state index is 12.4. The van der Waals surface area contributed by atoms with Crippen molar-refractivity contribution < 1.29 is 9.53 Å². The maximum Gasteiger partial charge on any atom is 0.225 e. The highest BCUT2D eigenvalue weighted by atomic mass is 16.5. The zero-order chi connectivity index (χ0) is 21.1. The van der Waals surface area contributed by atoms with E-state index in [1.54, 1.807) is 19.5 Å². The number of nitriles is 1. The first-order chi connectivity index (χ1) is 14.6. The molecule has 3 heterocycles. The molecule has 0 bridgehead atoms. The number of carbonyl (C=O) groups is 1. The van der Waals surface area contributed by atoms with E-state index >= 15 is 0 Å². The highest BCUT2D eigenvalue weighted by Crippen LogP contribution is 2.44. The van der Waals surface area contributed by atoms with Crippen molar-refractivity contribution in [2.45, 2.75) is 38.1 Å². The SMILES string of the molecule is COCCC(=O)N1CCN(c2nc(C3CC3)c(-c3ccnnc3)cc2C#N)C[C@H]1C. The van der Waals surface area contributed by atoms with Crippen molar-refractivity contribution in [2.24, 2.45) is 0 Å². The van der Waals surface area contributed by atoms with Gasteiger partial charge in [0, 0.05) is 49.8 Å². The predicted molar refractivity (Wildman–Crippen MR) is 112 cm³/mol. The molecule has 2 aromatic rings. The quantitative estimate of drug-likeness (QED) is 0.727. The Bertz CT molecular complexity index is 954. The number of hydrogen-bond donors (Lipinski definition) is 0. The normalized spacial score (nSPS) is 18.9. The summed E-state index contributed by atoms with van der Waals surface area (Å²) in [6.45, 7) is 4.40. The van der Waals surface area contributed by atoms with Gasteiger partial charge in [0.25, 0.3) is 0 Å². The fourth-order valence-corrected chi connectivity index (χ4v) is 4.04. The monoisotopic (exact) mass is 406 g/mol. The van der Waals surface area contributed by atoms with Crippen molar-refractivity contribution in [1.29, 1.82) is 5.26 Å². The second kappa shape index (κ2) is 8.76. The lowest BCUT2D eigenvalue weighted by Crippen LogP contribution is -2.54. The first-order valence-corrected chi connectivity index (χ1v) is 10.4. The summed E-state index contributed by atoms with van der Waals surface area (Å²) >= 11 is 0. The van der Waals surface area contributed by atoms with Gasteiger partial charge in [0.05, 0.1) is 36.7 Å². The maximum atomic E-state index is 12.4. The molecule has 0 unspecified atom stereocenters. The Balaban J connectivity index is 1.61. The van der Waals surface area contributed by atoms with Gasteiger partial charge in [-0.2, -0.15) is 15.5 Å². The molecule has 8 heteroatoms. The Kier molecular flexibility index (Phi) is 5.91. The van der Waals surface area contributed by atoms with E-state index in [9.17, 15) is 10.1 Å². The van der Waals surface area contributed by atoms with Crippen LogP contribution in [0.2, 0.25) is 0 Å². The number of methoxy groups -OCH3 is 1. The molecular weight excluding hydrogens is 380 g/mol. The molecule has 1 aliphatic carbocycles. The third-order valence-electron chi connectivity index (χ3n) is 5.78. The van der Waals surface area contributed by atoms with Crippen LogP contribution in [0.4, 0.5) is 5.82 Å². The molecule has 0 aromatic carbocycles. The molecule has 8 nitrogen and oxygen atoms in total. The molecule has 1 aliphatic heterocycles. The Morgan fingerprint density at radius 1 is 1.33 bits per heavy atom. The average molecular weight is 406 g/mol. The topological polar surface area (TPSA) is 95.2 Å². The Hall–Kier alpha value is -3.05. The third-order valence-corrected chi connectivity index (χ3v) is 5.78. The molecule has 1 atom stereocenters. The van der Waals surface area contributed by atoms with E-state index in [2.05, 4.69) is 21.2 Å². The molecule has 4 rings (SSSR count). The van der Waals surface area contributed by atoms with Crippen molar-refractivity contribution in [3.63, 3.8) is 0 Å². The van der Waals surface area contributed by atoms with Gasteiger partial charge >= 0.3 is 0 Å². The number of carbonyl (C=O) groups excluding carboxylic acids is 1. The second-order valence-electron chi connectivity index (χ2n) is 7.93. The Morgan fingerprint density at radius 3 is 2.80 bits per heavy atom. The van der Waals surface area contributed by atoms with Crippen LogP contribution < -0.4 is 4.90 Å². The van der Waals surface area contributed by atoms with Gasteiger partial charge < -0.3 is 14.5 Å². The van der Waals surface area contributed by atoms with Gasteiger partial charge in [-0.3, -0.25) is 4.79 Å². The van der Waals surface area contributed by atoms with Crippen LogP contribution in [0.15, 0.2) is 24.5 Å². The molecule has 2 fully saturated rings. The van der Waals surface area contributed by atoms with Crippen molar-refractivity contribution in [3.05, 3.63) is 35.8 Å². The molecule has 1 amide bonds. The lowest BCUT2D eigenvalue weighted by atomic mass is 10.0. The summed E-state index contributed by atoms with van der Waals surface area (Å²) in [5.41, 5.74) is 3.49. The van der Waals surface area contributed by atoms with Crippen molar-refractivity contribution >= 4 is 11.7 Å². The number of pyridine rings is 1. The molecule has 1 saturated carbocycles. The lowest BCUT2D eigenvalue weighted by Gasteiger charge is -2.41. The predicted octanol–water partition coefficient (Wildman–Crippen LogP) is 2.36. The van der Waals surface area contributed by atoms with Gasteiger partial charge in [-0.1, -0.05) is 0 Å². The van der Waals surface area contributed by atoms with Crippen LogP contribution in [0.3, 0.4) is 0 Å². The van der Waals surface area contributed by atoms with Gasteiger partial charge in [-0.15, -0.1) is 0 Å². The van der Waals surface area contributed by atoms with E-state index in [1.807, 2.05) is 24.0 Å². The first kappa shape index (κ1) is 20.2. The standard InChI is InChI=1S/C22H26N6O2/c1-15-14-27(8-9-28(15)20(29)6-10-30-2)22-18(12-23)11-19(17-5-7-24-25-13-17)21(26-22)16-3-4-16/h5,7,11,13,15-16H,3-4,6,8-10,14H2,1-2H3/t15-/m1/s1. The number of hydrogen-bond acceptors (Lipinski definition) is 7. The van der Waals surface area contributed by atoms with E-state index in [4.69, 9.17) is 9.72 Å². The summed E-state index contributed by atoms with van der Waals surface area (Å²) in [6, 6.07) is 6.22. The molecule has 30 heavy (non-hydrogen) atoms. The number of aromatic nitrogens is 3. The Morgan fingerprint density at radius 2 is 2.17 bits per heavy atom. The van der Waals surface area contributed by atoms with Crippen molar-refractivity contribution in [2.75, 3.05) is 38.3 Å². The van der Waals surface area contributed by atoms with Crippen LogP contribution in [-0.4, -0.2) is 65.4 Å². The van der Waals surface area contributed by atoms with Crippen LogP contribution in [0.25, 0.3) is 11.1 Å². The number of ether oxygens (including phenoxy) is 1. The fourth-order valence-electron chi connectivity index (χ4n) is 4.04. The molecular formula is C22H26N6O2. The minimum absolute atomic E-state index is 0.0462. The number of piperazine rings is 1. The summed E-state index contributed by atoms with van der Waals surface area (Å²) in [5, 5.41) is 17.7. The zero-order valence-corrected chi connectivity index (χ0v) is 17.4. The summed E-state index contributed by atoms with van der Waals surface area (Å²) in [5.74, 6) is 1.26. The highest BCUT2D eigenvalue weighted by molar-refractivity contribution is 5.77. The van der Waals surface area contributed by atoms with E-state index in [1.165, 1.54) is 0 Å². The average Bonchev–Trinajstić information content (AvgIpc) is 3.62. The van der Waals surface area contributed by atoms with Crippen molar-refractivity contribution in [1.82, 2.24) is 20.1 Å². The Labute approximate surface area is 176 Å². The van der Waals surface area contributed by atoms with E-state index in [0.717, 1.165) is 35.5 Å². The van der Waals surface area contributed by atoms with Crippen LogP contribution in [-0.2, 0) is 9.53 Å². The minimum atomic E-state index is 0.0462. The fraction of sp³-hybridized carbons (Fsp3) is 0.500. The summed E-state index contributed by atoms with van der Waals surface area (Å²) in [7, 11) is 1.60. The van der Waals surface area contributed by atoms with Crippen LogP contribution in [0.5, 0.6) is 0 Å². The van der Waals surface area contributed by atoms with Crippen LogP contribution in [0.1, 0.15) is 43.4 Å². The van der Waals surface area contributed by atoms with Crippen LogP contribution in [0, 0.1) is 11.3 Å². The van der Waals surface area contributed by atoms with Crippen molar-refractivity contribution in [3.8, 4) is 17.2 Å². The second-order valence-corrected chi connectivity index (χ2v) is 7.93. The van der Waals surface area contributed by atoms with Gasteiger partial charge in [-0.05, 0) is 31.9 Å². The van der Waals surface area contributed by atoms with Gasteiger partial charge in [0.1, 0.15) is 11.9 Å². The molecule has 2 aromatic heterocycles. The van der Waals surface area contributed by atoms with Crippen LogP contribution >= 0.6 is 0 Å². The molecule has 0 N–H and O–H groups in total.